The number of nitrogens with zero attached hydrogens (tertiary/aromatic N) is 4. The van der Waals surface area contributed by atoms with Crippen molar-refractivity contribution in [1.29, 1.82) is 5.26 Å². The van der Waals surface area contributed by atoms with Crippen LogP contribution in [0.4, 0.5) is 0 Å². The van der Waals surface area contributed by atoms with Crippen LogP contribution in [0.15, 0.2) is 18.2 Å². The third-order valence-corrected chi connectivity index (χ3v) is 5.58. The molecule has 1 aliphatic heterocycles. The van der Waals surface area contributed by atoms with Gasteiger partial charge in [0.05, 0.1) is 24.4 Å². The van der Waals surface area contributed by atoms with Crippen molar-refractivity contribution in [2.45, 2.75) is 58.8 Å². The minimum atomic E-state index is -0.114. The Labute approximate surface area is 197 Å². The summed E-state index contributed by atoms with van der Waals surface area (Å²) in [5.74, 6) is 1.89. The maximum absolute atomic E-state index is 9.69. The highest BCUT2D eigenvalue weighted by Gasteiger charge is 2.20. The highest BCUT2D eigenvalue weighted by atomic mass is 16.7. The summed E-state index contributed by atoms with van der Waals surface area (Å²) >= 11 is 0. The molecule has 0 amide bonds. The number of aromatic nitrogens is 2. The molecule has 8 nitrogen and oxygen atoms in total. The second-order valence-electron chi connectivity index (χ2n) is 8.34. The van der Waals surface area contributed by atoms with Gasteiger partial charge in [-0.15, -0.1) is 0 Å². The van der Waals surface area contributed by atoms with E-state index in [2.05, 4.69) is 19.9 Å². The summed E-state index contributed by atoms with van der Waals surface area (Å²) < 4.78 is 25.6. The molecular weight excluding hydrogens is 420 g/mol. The first kappa shape index (κ1) is 25.0. The molecule has 2 heterocycles. The fraction of sp³-hybridized carbons (Fsp3) is 0.600. The molecule has 1 atom stereocenters. The van der Waals surface area contributed by atoms with E-state index >= 15 is 0 Å². The molecule has 0 N–H and O–H groups in total. The van der Waals surface area contributed by atoms with Crippen molar-refractivity contribution in [2.75, 3.05) is 40.5 Å². The van der Waals surface area contributed by atoms with Crippen LogP contribution in [0.5, 0.6) is 17.2 Å². The molecule has 0 radical (unpaired) electrons. The van der Waals surface area contributed by atoms with E-state index in [1.54, 1.807) is 12.1 Å². The zero-order valence-electron chi connectivity index (χ0n) is 20.3. The van der Waals surface area contributed by atoms with Gasteiger partial charge in [0.15, 0.2) is 12.0 Å². The first-order valence-electron chi connectivity index (χ1n) is 11.9. The maximum Gasteiger partial charge on any atom is 0.171 e. The van der Waals surface area contributed by atoms with Gasteiger partial charge >= 0.3 is 0 Å². The Morgan fingerprint density at radius 2 is 2.06 bits per heavy atom. The van der Waals surface area contributed by atoms with Gasteiger partial charge < -0.3 is 23.8 Å². The van der Waals surface area contributed by atoms with Crippen LogP contribution in [0.2, 0.25) is 0 Å². The fourth-order valence-corrected chi connectivity index (χ4v) is 3.76. The normalized spacial score (nSPS) is 16.1. The summed E-state index contributed by atoms with van der Waals surface area (Å²) in [6.45, 7) is 7.42. The van der Waals surface area contributed by atoms with Crippen LogP contribution in [0, 0.1) is 11.3 Å². The molecule has 8 heteroatoms. The van der Waals surface area contributed by atoms with Crippen molar-refractivity contribution in [3.8, 4) is 23.3 Å². The summed E-state index contributed by atoms with van der Waals surface area (Å²) in [7, 11) is 3.99. The van der Waals surface area contributed by atoms with Gasteiger partial charge in [0, 0.05) is 19.2 Å². The first-order valence-corrected chi connectivity index (χ1v) is 11.9. The van der Waals surface area contributed by atoms with Crippen molar-refractivity contribution in [1.82, 2.24) is 14.7 Å². The second-order valence-corrected chi connectivity index (χ2v) is 8.34. The Morgan fingerprint density at radius 3 is 2.73 bits per heavy atom. The molecule has 1 saturated heterocycles. The number of hydrogen-bond acceptors (Lipinski definition) is 7. The van der Waals surface area contributed by atoms with E-state index in [4.69, 9.17) is 24.0 Å². The summed E-state index contributed by atoms with van der Waals surface area (Å²) in [6.07, 6.45) is 4.57. The van der Waals surface area contributed by atoms with Gasteiger partial charge in [-0.1, -0.05) is 13.8 Å². The molecule has 3 rings (SSSR count). The minimum Gasteiger partial charge on any atom is -0.492 e. The van der Waals surface area contributed by atoms with E-state index in [1.807, 2.05) is 29.7 Å². The number of aryl methyl sites for hydroxylation is 1. The average Bonchev–Trinajstić information content (AvgIpc) is 3.16. The molecule has 1 unspecified atom stereocenters. The Kier molecular flexibility index (Phi) is 9.55. The molecule has 0 saturated carbocycles. The Bertz CT molecular complexity index is 929. The van der Waals surface area contributed by atoms with Crippen LogP contribution in [-0.4, -0.2) is 61.4 Å². The summed E-state index contributed by atoms with van der Waals surface area (Å²) in [4.78, 5) is 2.05. The highest BCUT2D eigenvalue weighted by molar-refractivity contribution is 5.50. The molecule has 0 bridgehead atoms. The van der Waals surface area contributed by atoms with Crippen LogP contribution in [0.3, 0.4) is 0 Å². The van der Waals surface area contributed by atoms with E-state index in [0.717, 1.165) is 62.4 Å². The lowest BCUT2D eigenvalue weighted by Crippen LogP contribution is -2.24. The zero-order chi connectivity index (χ0) is 23.6. The topological polar surface area (TPSA) is 81.8 Å². The van der Waals surface area contributed by atoms with E-state index in [9.17, 15) is 5.26 Å². The van der Waals surface area contributed by atoms with Gasteiger partial charge in [0.2, 0.25) is 0 Å². The summed E-state index contributed by atoms with van der Waals surface area (Å²) in [5.41, 5.74) is 2.30. The molecule has 1 aromatic carbocycles. The third kappa shape index (κ3) is 6.94. The standard InChI is InChI=1S/C25H36N4O4/c1-5-21-25(22(6-2)29(27-21)13-16-32-24-9-7-8-14-31-24)33-23-11-10-20(17-19(23)18-26)30-15-12-28(3)4/h10-11,17,24H,5-9,12-16H2,1-4H3. The van der Waals surface area contributed by atoms with Crippen molar-refractivity contribution in [3.05, 3.63) is 35.2 Å². The van der Waals surface area contributed by atoms with Crippen LogP contribution in [0.1, 0.15) is 50.1 Å². The van der Waals surface area contributed by atoms with Crippen LogP contribution in [0.25, 0.3) is 0 Å². The van der Waals surface area contributed by atoms with Crippen LogP contribution in [-0.2, 0) is 28.9 Å². The van der Waals surface area contributed by atoms with Crippen molar-refractivity contribution in [2.24, 2.45) is 0 Å². The van der Waals surface area contributed by atoms with E-state index in [0.29, 0.717) is 36.8 Å². The van der Waals surface area contributed by atoms with E-state index in [-0.39, 0.29) is 6.29 Å². The Hall–Kier alpha value is -2.60. The number of hydrogen-bond donors (Lipinski definition) is 0. The molecular formula is C25H36N4O4. The number of ether oxygens (including phenoxy) is 4. The Morgan fingerprint density at radius 1 is 1.21 bits per heavy atom. The SMILES string of the molecule is CCc1nn(CCOC2CCCCO2)c(CC)c1Oc1ccc(OCCN(C)C)cc1C#N. The maximum atomic E-state index is 9.69. The summed E-state index contributed by atoms with van der Waals surface area (Å²) in [5, 5.41) is 14.5. The van der Waals surface area contributed by atoms with Crippen LogP contribution >= 0.6 is 0 Å². The average molecular weight is 457 g/mol. The van der Waals surface area contributed by atoms with Gasteiger partial charge in [0.25, 0.3) is 0 Å². The summed E-state index contributed by atoms with van der Waals surface area (Å²) in [6, 6.07) is 7.59. The molecule has 1 fully saturated rings. The van der Waals surface area contributed by atoms with Gasteiger partial charge in [-0.2, -0.15) is 10.4 Å². The fourth-order valence-electron chi connectivity index (χ4n) is 3.76. The van der Waals surface area contributed by atoms with E-state index < -0.39 is 0 Å². The van der Waals surface area contributed by atoms with Gasteiger partial charge in [-0.3, -0.25) is 4.68 Å². The number of likely N-dealkylation sites (N-methyl/N-ethyl adjacent to an activating group) is 1. The molecule has 2 aromatic rings. The number of rotatable bonds is 12. The number of nitriles is 1. The van der Waals surface area contributed by atoms with Gasteiger partial charge in [-0.25, -0.2) is 0 Å². The lowest BCUT2D eigenvalue weighted by Gasteiger charge is -2.22. The van der Waals surface area contributed by atoms with Gasteiger partial charge in [-0.05, 0) is 58.3 Å². The molecule has 1 aromatic heterocycles. The molecule has 0 aliphatic carbocycles. The van der Waals surface area contributed by atoms with E-state index in [1.165, 1.54) is 0 Å². The van der Waals surface area contributed by atoms with Crippen molar-refractivity contribution < 1.29 is 18.9 Å². The minimum absolute atomic E-state index is 0.114. The molecule has 1 aliphatic rings. The second kappa shape index (κ2) is 12.6. The van der Waals surface area contributed by atoms with Crippen LogP contribution < -0.4 is 9.47 Å². The predicted octanol–water partition coefficient (Wildman–Crippen LogP) is 4.16. The predicted molar refractivity (Wildman–Crippen MR) is 126 cm³/mol. The molecule has 0 spiro atoms. The molecule has 180 valence electrons. The first-order chi connectivity index (χ1) is 16.0. The highest BCUT2D eigenvalue weighted by Crippen LogP contribution is 2.33. The van der Waals surface area contributed by atoms with Crippen molar-refractivity contribution in [3.63, 3.8) is 0 Å². The smallest absolute Gasteiger partial charge is 0.171 e. The monoisotopic (exact) mass is 456 g/mol. The zero-order valence-corrected chi connectivity index (χ0v) is 20.3. The van der Waals surface area contributed by atoms with Crippen molar-refractivity contribution >= 4 is 0 Å². The molecule has 33 heavy (non-hydrogen) atoms. The lowest BCUT2D eigenvalue weighted by atomic mass is 10.2. The third-order valence-electron chi connectivity index (χ3n) is 5.58. The largest absolute Gasteiger partial charge is 0.492 e. The quantitative estimate of drug-likeness (QED) is 0.474. The number of benzene rings is 1. The Balaban J connectivity index is 1.72. The lowest BCUT2D eigenvalue weighted by molar-refractivity contribution is -0.163. The van der Waals surface area contributed by atoms with Gasteiger partial charge in [0.1, 0.15) is 29.9 Å².